The first kappa shape index (κ1) is 15.6. The van der Waals surface area contributed by atoms with Crippen LogP contribution in [0.4, 0.5) is 5.82 Å². The molecule has 2 atom stereocenters. The SMILES string of the molecule is CCCc1cc(CNC)cc(N2CCSC(C)C2C)n1. The lowest BCUT2D eigenvalue weighted by Gasteiger charge is -2.38. The largest absolute Gasteiger partial charge is 0.352 e. The average molecular weight is 293 g/mol. The number of hydrogen-bond donors (Lipinski definition) is 1. The highest BCUT2D eigenvalue weighted by molar-refractivity contribution is 8.00. The Morgan fingerprint density at radius 2 is 2.20 bits per heavy atom. The Bertz CT molecular complexity index is 411. The van der Waals surface area contributed by atoms with Gasteiger partial charge in [-0.2, -0.15) is 11.8 Å². The van der Waals surface area contributed by atoms with Crippen molar-refractivity contribution in [2.45, 2.75) is 51.4 Å². The van der Waals surface area contributed by atoms with Crippen LogP contribution >= 0.6 is 11.8 Å². The van der Waals surface area contributed by atoms with Gasteiger partial charge in [0.15, 0.2) is 0 Å². The quantitative estimate of drug-likeness (QED) is 0.903. The van der Waals surface area contributed by atoms with E-state index < -0.39 is 0 Å². The van der Waals surface area contributed by atoms with Crippen molar-refractivity contribution in [2.75, 3.05) is 24.2 Å². The third-order valence-corrected chi connectivity index (χ3v) is 5.33. The lowest BCUT2D eigenvalue weighted by molar-refractivity contribution is 0.618. The fourth-order valence-electron chi connectivity index (χ4n) is 2.73. The molecule has 3 nitrogen and oxygen atoms in total. The van der Waals surface area contributed by atoms with Crippen LogP contribution in [0.1, 0.15) is 38.4 Å². The highest BCUT2D eigenvalue weighted by Crippen LogP contribution is 2.28. The van der Waals surface area contributed by atoms with Crippen LogP contribution in [0.25, 0.3) is 0 Å². The second kappa shape index (κ2) is 7.32. The zero-order valence-corrected chi connectivity index (χ0v) is 14.0. The molecule has 2 unspecified atom stereocenters. The van der Waals surface area contributed by atoms with Crippen LogP contribution in [0.5, 0.6) is 0 Å². The summed E-state index contributed by atoms with van der Waals surface area (Å²) in [4.78, 5) is 7.39. The van der Waals surface area contributed by atoms with Crippen LogP contribution in [0.3, 0.4) is 0 Å². The summed E-state index contributed by atoms with van der Waals surface area (Å²) in [7, 11) is 2.00. The standard InChI is InChI=1S/C16H27N3S/c1-5-6-15-9-14(11-17-4)10-16(18-15)19-7-8-20-13(3)12(19)2/h9-10,12-13,17H,5-8,11H2,1-4H3. The molecule has 1 aliphatic rings. The maximum Gasteiger partial charge on any atom is 0.129 e. The van der Waals surface area contributed by atoms with E-state index in [2.05, 4.69) is 54.9 Å². The minimum Gasteiger partial charge on any atom is -0.352 e. The number of hydrogen-bond acceptors (Lipinski definition) is 4. The molecule has 0 amide bonds. The molecule has 0 spiro atoms. The van der Waals surface area contributed by atoms with Gasteiger partial charge in [-0.15, -0.1) is 0 Å². The zero-order chi connectivity index (χ0) is 14.5. The minimum absolute atomic E-state index is 0.556. The molecule has 4 heteroatoms. The average Bonchev–Trinajstić information content (AvgIpc) is 2.42. The first-order valence-electron chi connectivity index (χ1n) is 7.68. The van der Waals surface area contributed by atoms with Crippen molar-refractivity contribution in [3.8, 4) is 0 Å². The molecule has 1 aliphatic heterocycles. The number of thioether (sulfide) groups is 1. The summed E-state index contributed by atoms with van der Waals surface area (Å²) in [6, 6.07) is 5.06. The monoisotopic (exact) mass is 293 g/mol. The van der Waals surface area contributed by atoms with Crippen molar-refractivity contribution in [3.63, 3.8) is 0 Å². The molecule has 1 saturated heterocycles. The van der Waals surface area contributed by atoms with Crippen LogP contribution in [-0.4, -0.2) is 35.6 Å². The maximum absolute atomic E-state index is 4.90. The second-order valence-electron chi connectivity index (χ2n) is 5.62. The molecule has 0 aliphatic carbocycles. The van der Waals surface area contributed by atoms with Gasteiger partial charge in [0, 0.05) is 35.8 Å². The number of aromatic nitrogens is 1. The number of rotatable bonds is 5. The van der Waals surface area contributed by atoms with Gasteiger partial charge in [-0.05, 0) is 38.1 Å². The van der Waals surface area contributed by atoms with Crippen molar-refractivity contribution in [1.82, 2.24) is 10.3 Å². The Kier molecular flexibility index (Phi) is 5.73. The molecule has 20 heavy (non-hydrogen) atoms. The summed E-state index contributed by atoms with van der Waals surface area (Å²) in [5, 5.41) is 3.93. The highest BCUT2D eigenvalue weighted by atomic mass is 32.2. The van der Waals surface area contributed by atoms with E-state index in [1.165, 1.54) is 22.8 Å². The van der Waals surface area contributed by atoms with E-state index in [1.807, 2.05) is 7.05 Å². The van der Waals surface area contributed by atoms with Gasteiger partial charge in [-0.25, -0.2) is 4.98 Å². The minimum atomic E-state index is 0.556. The van der Waals surface area contributed by atoms with E-state index in [0.29, 0.717) is 11.3 Å². The van der Waals surface area contributed by atoms with Gasteiger partial charge in [0.25, 0.3) is 0 Å². The summed E-state index contributed by atoms with van der Waals surface area (Å²) >= 11 is 2.07. The van der Waals surface area contributed by atoms with E-state index in [4.69, 9.17) is 4.98 Å². The Morgan fingerprint density at radius 3 is 2.90 bits per heavy atom. The van der Waals surface area contributed by atoms with Gasteiger partial charge < -0.3 is 10.2 Å². The second-order valence-corrected chi connectivity index (χ2v) is 7.10. The number of nitrogens with zero attached hydrogens (tertiary/aromatic N) is 2. The van der Waals surface area contributed by atoms with E-state index in [-0.39, 0.29) is 0 Å². The Balaban J connectivity index is 2.28. The Labute approximate surface area is 127 Å². The van der Waals surface area contributed by atoms with Crippen molar-refractivity contribution in [2.24, 2.45) is 0 Å². The fourth-order valence-corrected chi connectivity index (χ4v) is 3.83. The third-order valence-electron chi connectivity index (χ3n) is 3.99. The van der Waals surface area contributed by atoms with Gasteiger partial charge in [0.05, 0.1) is 0 Å². The molecular weight excluding hydrogens is 266 g/mol. The van der Waals surface area contributed by atoms with E-state index >= 15 is 0 Å². The van der Waals surface area contributed by atoms with E-state index in [9.17, 15) is 0 Å². The van der Waals surface area contributed by atoms with Gasteiger partial charge in [0.1, 0.15) is 5.82 Å². The van der Waals surface area contributed by atoms with Crippen molar-refractivity contribution in [3.05, 3.63) is 23.4 Å². The van der Waals surface area contributed by atoms with Crippen LogP contribution in [0, 0.1) is 0 Å². The highest BCUT2D eigenvalue weighted by Gasteiger charge is 2.26. The van der Waals surface area contributed by atoms with Crippen LogP contribution < -0.4 is 10.2 Å². The Morgan fingerprint density at radius 1 is 1.40 bits per heavy atom. The predicted octanol–water partition coefficient (Wildman–Crippen LogP) is 3.08. The van der Waals surface area contributed by atoms with Crippen molar-refractivity contribution in [1.29, 1.82) is 0 Å². The normalized spacial score (nSPS) is 23.1. The smallest absolute Gasteiger partial charge is 0.129 e. The summed E-state index contributed by atoms with van der Waals surface area (Å²) in [5.74, 6) is 2.37. The molecule has 2 rings (SSSR count). The molecule has 112 valence electrons. The van der Waals surface area contributed by atoms with Crippen molar-refractivity contribution < 1.29 is 0 Å². The molecule has 1 aromatic heterocycles. The molecule has 1 fully saturated rings. The Hall–Kier alpha value is -0.740. The molecular formula is C16H27N3S. The first-order chi connectivity index (χ1) is 9.65. The number of aryl methyl sites for hydroxylation is 1. The fraction of sp³-hybridized carbons (Fsp3) is 0.688. The van der Waals surface area contributed by atoms with Crippen molar-refractivity contribution >= 4 is 17.6 Å². The molecule has 0 bridgehead atoms. The maximum atomic E-state index is 4.90. The molecule has 2 heterocycles. The van der Waals surface area contributed by atoms with Crippen LogP contribution in [-0.2, 0) is 13.0 Å². The summed E-state index contributed by atoms with van der Waals surface area (Å²) in [6.45, 7) is 8.89. The summed E-state index contributed by atoms with van der Waals surface area (Å²) in [6.07, 6.45) is 2.22. The summed E-state index contributed by atoms with van der Waals surface area (Å²) < 4.78 is 0. The topological polar surface area (TPSA) is 28.2 Å². The molecule has 0 radical (unpaired) electrons. The number of pyridine rings is 1. The molecule has 0 aromatic carbocycles. The third kappa shape index (κ3) is 3.67. The zero-order valence-electron chi connectivity index (χ0n) is 13.1. The molecule has 1 aromatic rings. The lowest BCUT2D eigenvalue weighted by Crippen LogP contribution is -2.45. The van der Waals surface area contributed by atoms with Gasteiger partial charge in [-0.3, -0.25) is 0 Å². The van der Waals surface area contributed by atoms with Gasteiger partial charge >= 0.3 is 0 Å². The van der Waals surface area contributed by atoms with Gasteiger partial charge in [0.2, 0.25) is 0 Å². The molecule has 0 saturated carbocycles. The van der Waals surface area contributed by atoms with Crippen LogP contribution in [0.15, 0.2) is 12.1 Å². The van der Waals surface area contributed by atoms with E-state index in [1.54, 1.807) is 0 Å². The summed E-state index contributed by atoms with van der Waals surface area (Å²) in [5.41, 5.74) is 2.58. The number of anilines is 1. The van der Waals surface area contributed by atoms with E-state index in [0.717, 1.165) is 25.9 Å². The van der Waals surface area contributed by atoms with Crippen LogP contribution in [0.2, 0.25) is 0 Å². The lowest BCUT2D eigenvalue weighted by atomic mass is 10.1. The van der Waals surface area contributed by atoms with Gasteiger partial charge in [-0.1, -0.05) is 20.3 Å². The first-order valence-corrected chi connectivity index (χ1v) is 8.73. The molecule has 1 N–H and O–H groups in total. The number of nitrogens with one attached hydrogen (secondary N) is 1. The predicted molar refractivity (Wildman–Crippen MR) is 89.7 cm³/mol.